The molecule has 0 aliphatic heterocycles. The molecule has 0 unspecified atom stereocenters. The second kappa shape index (κ2) is 8.85. The van der Waals surface area contributed by atoms with E-state index < -0.39 is 13.9 Å². The summed E-state index contributed by atoms with van der Waals surface area (Å²) in [4.78, 5) is 17.8. The predicted octanol–water partition coefficient (Wildman–Crippen LogP) is 5.49. The Labute approximate surface area is 169 Å². The Morgan fingerprint density at radius 2 is 1.70 bits per heavy atom. The molecule has 0 saturated carbocycles. The lowest BCUT2D eigenvalue weighted by Gasteiger charge is -2.16. The summed E-state index contributed by atoms with van der Waals surface area (Å²) in [5.74, 6) is 0.694. The smallest absolute Gasteiger partial charge is 0.362 e. The number of phenolic OH excluding ortho intramolecular Hbond substituents is 1. The maximum absolute atomic E-state index is 10.9. The monoisotopic (exact) mass is 432 g/mol. The number of benzene rings is 2. The zero-order chi connectivity index (χ0) is 20.4. The van der Waals surface area contributed by atoms with Gasteiger partial charge in [-0.3, -0.25) is 4.57 Å². The molecule has 27 heavy (non-hydrogen) atoms. The minimum absolute atomic E-state index is 0.171. The normalized spacial score (nSPS) is 11.9. The molecule has 0 spiro atoms. The van der Waals surface area contributed by atoms with Gasteiger partial charge in [0.15, 0.2) is 6.35 Å². The maximum Gasteiger partial charge on any atom is 0.362 e. The summed E-state index contributed by atoms with van der Waals surface area (Å²) < 4.78 is 16.0. The van der Waals surface area contributed by atoms with E-state index in [9.17, 15) is 9.67 Å². The third-order valence-electron chi connectivity index (χ3n) is 4.18. The first-order chi connectivity index (χ1) is 12.5. The van der Waals surface area contributed by atoms with Gasteiger partial charge in [-0.25, -0.2) is 0 Å². The highest BCUT2D eigenvalue weighted by Gasteiger charge is 2.17. The van der Waals surface area contributed by atoms with E-state index >= 15 is 0 Å². The van der Waals surface area contributed by atoms with Gasteiger partial charge in [-0.1, -0.05) is 56.1 Å². The molecule has 8 heteroatoms. The summed E-state index contributed by atoms with van der Waals surface area (Å²) in [6.45, 7) is 6.02. The number of ether oxygens (including phenoxy) is 1. The van der Waals surface area contributed by atoms with E-state index in [4.69, 9.17) is 37.7 Å². The van der Waals surface area contributed by atoms with Crippen LogP contribution in [0.15, 0.2) is 24.3 Å². The Bertz CT molecular complexity index is 854. The third kappa shape index (κ3) is 5.87. The molecule has 0 radical (unpaired) electrons. The number of phenols is 1. The molecule has 0 amide bonds. The highest BCUT2D eigenvalue weighted by Crippen LogP contribution is 2.38. The van der Waals surface area contributed by atoms with Gasteiger partial charge in [0.25, 0.3) is 0 Å². The quantitative estimate of drug-likeness (QED) is 0.503. The van der Waals surface area contributed by atoms with E-state index in [2.05, 4.69) is 0 Å². The Morgan fingerprint density at radius 3 is 2.19 bits per heavy atom. The van der Waals surface area contributed by atoms with Crippen LogP contribution in [-0.2, 0) is 17.4 Å². The minimum Gasteiger partial charge on any atom is -0.507 e. The van der Waals surface area contributed by atoms with Crippen molar-refractivity contribution < 1.29 is 24.2 Å². The summed E-state index contributed by atoms with van der Waals surface area (Å²) in [5.41, 5.74) is 3.40. The Balaban J connectivity index is 2.35. The van der Waals surface area contributed by atoms with Crippen molar-refractivity contribution in [2.75, 3.05) is 6.35 Å². The number of halogens is 2. The van der Waals surface area contributed by atoms with Crippen LogP contribution in [0.1, 0.15) is 48.9 Å². The molecule has 2 aromatic rings. The summed E-state index contributed by atoms with van der Waals surface area (Å²) in [6.07, 6.45) is 0.425. The lowest BCUT2D eigenvalue weighted by atomic mass is 9.92. The average molecular weight is 433 g/mol. The first-order valence-corrected chi connectivity index (χ1v) is 11.1. The second-order valence-corrected chi connectivity index (χ2v) is 9.08. The van der Waals surface area contributed by atoms with Crippen LogP contribution in [0.25, 0.3) is 0 Å². The van der Waals surface area contributed by atoms with Crippen LogP contribution >= 0.6 is 30.8 Å². The van der Waals surface area contributed by atoms with Crippen LogP contribution in [0.2, 0.25) is 10.0 Å². The molecule has 0 aromatic heterocycles. The molecular weight excluding hydrogens is 410 g/mol. The minimum atomic E-state index is -4.29. The van der Waals surface area contributed by atoms with Crippen LogP contribution in [0.4, 0.5) is 0 Å². The molecule has 0 atom stereocenters. The van der Waals surface area contributed by atoms with Crippen LogP contribution in [0.5, 0.6) is 11.5 Å². The molecule has 2 aromatic carbocycles. The number of aryl methyl sites for hydroxylation is 1. The molecule has 0 saturated heterocycles. The SMILES string of the molecule is CCc1cc(Cc2c(Cl)cc(OCP(=O)(O)O)cc2Cl)cc(C(C)C)c1O. The van der Waals surface area contributed by atoms with Gasteiger partial charge in [0.1, 0.15) is 11.5 Å². The molecule has 2 rings (SSSR count). The molecule has 0 aliphatic rings. The number of rotatable bonds is 7. The molecule has 0 fully saturated rings. The molecule has 0 heterocycles. The molecular formula is C19H23Cl2O5P. The fourth-order valence-corrected chi connectivity index (χ4v) is 3.71. The fraction of sp³-hybridized carbons (Fsp3) is 0.368. The van der Waals surface area contributed by atoms with E-state index in [1.807, 2.05) is 32.9 Å². The highest BCUT2D eigenvalue weighted by molar-refractivity contribution is 7.51. The summed E-state index contributed by atoms with van der Waals surface area (Å²) >= 11 is 12.7. The van der Waals surface area contributed by atoms with Gasteiger partial charge < -0.3 is 19.6 Å². The predicted molar refractivity (Wildman–Crippen MR) is 108 cm³/mol. The highest BCUT2D eigenvalue weighted by atomic mass is 35.5. The maximum atomic E-state index is 10.9. The Hall–Kier alpha value is -1.23. The zero-order valence-corrected chi connectivity index (χ0v) is 17.8. The Morgan fingerprint density at radius 1 is 1.11 bits per heavy atom. The van der Waals surface area contributed by atoms with Crippen LogP contribution in [0.3, 0.4) is 0 Å². The van der Waals surface area contributed by atoms with Gasteiger partial charge >= 0.3 is 7.60 Å². The second-order valence-electron chi connectivity index (χ2n) is 6.68. The average Bonchev–Trinajstić information content (AvgIpc) is 2.56. The lowest BCUT2D eigenvalue weighted by Crippen LogP contribution is -2.00. The van der Waals surface area contributed by atoms with Crippen LogP contribution in [-0.4, -0.2) is 21.2 Å². The number of hydrogen-bond acceptors (Lipinski definition) is 3. The van der Waals surface area contributed by atoms with Gasteiger partial charge in [0.2, 0.25) is 0 Å². The van der Waals surface area contributed by atoms with Crippen molar-refractivity contribution in [3.05, 3.63) is 56.6 Å². The van der Waals surface area contributed by atoms with Gasteiger partial charge in [0, 0.05) is 16.5 Å². The molecule has 0 bridgehead atoms. The van der Waals surface area contributed by atoms with Crippen LogP contribution < -0.4 is 4.74 Å². The standard InChI is InChI=1S/C19H23Cl2O5P/c1-4-13-5-12(6-15(11(2)3)19(13)22)7-16-17(20)8-14(9-18(16)21)26-10-27(23,24)25/h5-6,8-9,11,22H,4,7,10H2,1-3H3,(H2,23,24,25). The number of hydrogen-bond donors (Lipinski definition) is 3. The molecule has 148 valence electrons. The van der Waals surface area contributed by atoms with E-state index in [-0.39, 0.29) is 11.7 Å². The van der Waals surface area contributed by atoms with Gasteiger partial charge in [-0.2, -0.15) is 0 Å². The first-order valence-electron chi connectivity index (χ1n) is 8.51. The van der Waals surface area contributed by atoms with Crippen molar-refractivity contribution >= 4 is 30.8 Å². The van der Waals surface area contributed by atoms with Gasteiger partial charge in [-0.15, -0.1) is 0 Å². The lowest BCUT2D eigenvalue weighted by molar-refractivity contribution is 0.300. The van der Waals surface area contributed by atoms with Gasteiger partial charge in [0.05, 0.1) is 0 Å². The third-order valence-corrected chi connectivity index (χ3v) is 5.32. The van der Waals surface area contributed by atoms with E-state index in [1.54, 1.807) is 0 Å². The largest absolute Gasteiger partial charge is 0.507 e. The molecule has 0 aliphatic carbocycles. The van der Waals surface area contributed by atoms with Crippen molar-refractivity contribution in [1.29, 1.82) is 0 Å². The van der Waals surface area contributed by atoms with Crippen molar-refractivity contribution in [2.45, 2.75) is 39.5 Å². The van der Waals surface area contributed by atoms with Crippen molar-refractivity contribution in [3.8, 4) is 11.5 Å². The van der Waals surface area contributed by atoms with Crippen molar-refractivity contribution in [1.82, 2.24) is 0 Å². The zero-order valence-electron chi connectivity index (χ0n) is 15.4. The van der Waals surface area contributed by atoms with Crippen LogP contribution in [0, 0.1) is 0 Å². The summed E-state index contributed by atoms with van der Waals surface area (Å²) in [5, 5.41) is 11.1. The van der Waals surface area contributed by atoms with Crippen molar-refractivity contribution in [2.24, 2.45) is 0 Å². The van der Waals surface area contributed by atoms with E-state index in [0.29, 0.717) is 34.2 Å². The van der Waals surface area contributed by atoms with Crippen molar-refractivity contribution in [3.63, 3.8) is 0 Å². The summed E-state index contributed by atoms with van der Waals surface area (Å²) in [6, 6.07) is 6.86. The first kappa shape index (κ1) is 22.1. The topological polar surface area (TPSA) is 87.0 Å². The molecule has 5 nitrogen and oxygen atoms in total. The molecule has 3 N–H and O–H groups in total. The van der Waals surface area contributed by atoms with E-state index in [0.717, 1.165) is 16.7 Å². The van der Waals surface area contributed by atoms with Gasteiger partial charge in [-0.05, 0) is 46.7 Å². The fourth-order valence-electron chi connectivity index (χ4n) is 2.79. The van der Waals surface area contributed by atoms with E-state index in [1.165, 1.54) is 12.1 Å². The summed E-state index contributed by atoms with van der Waals surface area (Å²) in [7, 11) is -4.29. The Kier molecular flexibility index (Phi) is 7.23. The number of aromatic hydroxyl groups is 1.